The molecule has 0 aliphatic rings. The SMILES string of the molecule is CSCc1ccc(CNCCc2cc(F)cc(F)c2)o1. The number of hydrogen-bond acceptors (Lipinski definition) is 3. The van der Waals surface area contributed by atoms with Gasteiger partial charge in [-0.3, -0.25) is 0 Å². The standard InChI is InChI=1S/C15H17F2NOS/c1-20-10-15-3-2-14(19-15)9-18-5-4-11-6-12(16)8-13(17)7-11/h2-3,6-8,18H,4-5,9-10H2,1H3. The van der Waals surface area contributed by atoms with E-state index >= 15 is 0 Å². The van der Waals surface area contributed by atoms with Gasteiger partial charge in [0.25, 0.3) is 0 Å². The summed E-state index contributed by atoms with van der Waals surface area (Å²) in [5, 5.41) is 3.20. The lowest BCUT2D eigenvalue weighted by Crippen LogP contribution is -2.16. The fourth-order valence-corrected chi connectivity index (χ4v) is 2.38. The summed E-state index contributed by atoms with van der Waals surface area (Å²) in [4.78, 5) is 0. The molecular weight excluding hydrogens is 280 g/mol. The molecule has 2 aromatic rings. The highest BCUT2D eigenvalue weighted by atomic mass is 32.2. The molecule has 1 heterocycles. The van der Waals surface area contributed by atoms with Crippen molar-refractivity contribution in [2.24, 2.45) is 0 Å². The molecule has 0 aliphatic heterocycles. The molecule has 108 valence electrons. The van der Waals surface area contributed by atoms with Crippen LogP contribution >= 0.6 is 11.8 Å². The van der Waals surface area contributed by atoms with E-state index in [1.165, 1.54) is 12.1 Å². The van der Waals surface area contributed by atoms with Crippen molar-refractivity contribution >= 4 is 11.8 Å². The van der Waals surface area contributed by atoms with Gasteiger partial charge in [0.2, 0.25) is 0 Å². The number of rotatable bonds is 7. The Morgan fingerprint density at radius 3 is 2.50 bits per heavy atom. The van der Waals surface area contributed by atoms with Crippen LogP contribution in [0.5, 0.6) is 0 Å². The van der Waals surface area contributed by atoms with Gasteiger partial charge in [0.05, 0.1) is 12.3 Å². The van der Waals surface area contributed by atoms with Gasteiger partial charge in [0.1, 0.15) is 23.2 Å². The van der Waals surface area contributed by atoms with Crippen LogP contribution in [0.2, 0.25) is 0 Å². The molecule has 0 unspecified atom stereocenters. The topological polar surface area (TPSA) is 25.2 Å². The van der Waals surface area contributed by atoms with Gasteiger partial charge in [-0.05, 0) is 49.1 Å². The molecule has 0 bridgehead atoms. The molecule has 2 rings (SSSR count). The van der Waals surface area contributed by atoms with E-state index in [4.69, 9.17) is 4.42 Å². The molecule has 1 N–H and O–H groups in total. The van der Waals surface area contributed by atoms with Crippen LogP contribution in [-0.2, 0) is 18.7 Å². The van der Waals surface area contributed by atoms with Crippen molar-refractivity contribution in [1.82, 2.24) is 5.32 Å². The monoisotopic (exact) mass is 297 g/mol. The Hall–Kier alpha value is -1.33. The Morgan fingerprint density at radius 2 is 1.80 bits per heavy atom. The maximum Gasteiger partial charge on any atom is 0.126 e. The average molecular weight is 297 g/mol. The lowest BCUT2D eigenvalue weighted by molar-refractivity contribution is 0.460. The largest absolute Gasteiger partial charge is 0.464 e. The summed E-state index contributed by atoms with van der Waals surface area (Å²) in [7, 11) is 0. The summed E-state index contributed by atoms with van der Waals surface area (Å²) < 4.78 is 31.6. The smallest absolute Gasteiger partial charge is 0.126 e. The molecule has 0 radical (unpaired) electrons. The Bertz CT molecular complexity index is 536. The number of furan rings is 1. The van der Waals surface area contributed by atoms with Crippen LogP contribution in [0.15, 0.2) is 34.7 Å². The molecule has 0 fully saturated rings. The number of halogens is 2. The van der Waals surface area contributed by atoms with Crippen LogP contribution in [0.3, 0.4) is 0 Å². The highest BCUT2D eigenvalue weighted by molar-refractivity contribution is 7.97. The molecule has 1 aromatic carbocycles. The first kappa shape index (κ1) is 15.1. The Kier molecular flexibility index (Phi) is 5.61. The second kappa shape index (κ2) is 7.45. The minimum atomic E-state index is -0.534. The maximum atomic E-state index is 13.0. The molecule has 0 aliphatic carbocycles. The van der Waals surface area contributed by atoms with Crippen LogP contribution < -0.4 is 5.32 Å². The lowest BCUT2D eigenvalue weighted by Gasteiger charge is -2.04. The zero-order valence-electron chi connectivity index (χ0n) is 11.3. The quantitative estimate of drug-likeness (QED) is 0.788. The van der Waals surface area contributed by atoms with E-state index in [0.717, 1.165) is 23.3 Å². The average Bonchev–Trinajstić information content (AvgIpc) is 2.82. The van der Waals surface area contributed by atoms with Gasteiger partial charge >= 0.3 is 0 Å². The molecule has 0 saturated carbocycles. The number of hydrogen-bond donors (Lipinski definition) is 1. The Labute approximate surface area is 121 Å². The van der Waals surface area contributed by atoms with Gasteiger partial charge in [0.15, 0.2) is 0 Å². The molecule has 0 saturated heterocycles. The molecule has 5 heteroatoms. The van der Waals surface area contributed by atoms with E-state index in [1.54, 1.807) is 11.8 Å². The van der Waals surface area contributed by atoms with Crippen molar-refractivity contribution in [2.45, 2.75) is 18.7 Å². The van der Waals surface area contributed by atoms with Crippen LogP contribution in [0, 0.1) is 11.6 Å². The van der Waals surface area contributed by atoms with Crippen molar-refractivity contribution in [3.63, 3.8) is 0 Å². The van der Waals surface area contributed by atoms with E-state index in [-0.39, 0.29) is 0 Å². The number of benzene rings is 1. The molecule has 0 amide bonds. The first-order valence-corrected chi connectivity index (χ1v) is 7.79. The minimum absolute atomic E-state index is 0.534. The molecule has 20 heavy (non-hydrogen) atoms. The normalized spacial score (nSPS) is 10.9. The van der Waals surface area contributed by atoms with Gasteiger partial charge in [-0.1, -0.05) is 0 Å². The van der Waals surface area contributed by atoms with Gasteiger partial charge in [-0.2, -0.15) is 11.8 Å². The van der Waals surface area contributed by atoms with Crippen molar-refractivity contribution in [1.29, 1.82) is 0 Å². The van der Waals surface area contributed by atoms with E-state index in [0.29, 0.717) is 25.1 Å². The summed E-state index contributed by atoms with van der Waals surface area (Å²) in [6.45, 7) is 1.26. The summed E-state index contributed by atoms with van der Waals surface area (Å²) in [5.74, 6) is 1.63. The molecule has 0 spiro atoms. The predicted molar refractivity (Wildman–Crippen MR) is 77.7 cm³/mol. The summed E-state index contributed by atoms with van der Waals surface area (Å²) in [6, 6.07) is 7.51. The third kappa shape index (κ3) is 4.65. The van der Waals surface area contributed by atoms with E-state index in [2.05, 4.69) is 5.32 Å². The zero-order valence-corrected chi connectivity index (χ0v) is 12.1. The lowest BCUT2D eigenvalue weighted by atomic mass is 10.1. The number of thioether (sulfide) groups is 1. The summed E-state index contributed by atoms with van der Waals surface area (Å²) in [5.41, 5.74) is 0.650. The van der Waals surface area contributed by atoms with E-state index in [1.807, 2.05) is 18.4 Å². The summed E-state index contributed by atoms with van der Waals surface area (Å²) >= 11 is 1.71. The van der Waals surface area contributed by atoms with E-state index in [9.17, 15) is 8.78 Å². The number of nitrogens with one attached hydrogen (secondary N) is 1. The predicted octanol–water partition coefficient (Wildman–Crippen LogP) is 3.75. The molecule has 2 nitrogen and oxygen atoms in total. The van der Waals surface area contributed by atoms with Crippen LogP contribution in [0.1, 0.15) is 17.1 Å². The van der Waals surface area contributed by atoms with Crippen LogP contribution in [0.4, 0.5) is 8.78 Å². The first-order valence-electron chi connectivity index (χ1n) is 6.39. The molecular formula is C15H17F2NOS. The van der Waals surface area contributed by atoms with Gasteiger partial charge in [-0.25, -0.2) is 8.78 Å². The second-order valence-corrected chi connectivity index (χ2v) is 5.37. The van der Waals surface area contributed by atoms with Crippen molar-refractivity contribution in [2.75, 3.05) is 12.8 Å². The Morgan fingerprint density at radius 1 is 1.10 bits per heavy atom. The summed E-state index contributed by atoms with van der Waals surface area (Å²) in [6.07, 6.45) is 2.60. The van der Waals surface area contributed by atoms with E-state index < -0.39 is 11.6 Å². The second-order valence-electron chi connectivity index (χ2n) is 4.51. The Balaban J connectivity index is 1.75. The highest BCUT2D eigenvalue weighted by Crippen LogP contribution is 2.13. The fraction of sp³-hybridized carbons (Fsp3) is 0.333. The maximum absolute atomic E-state index is 13.0. The highest BCUT2D eigenvalue weighted by Gasteiger charge is 2.03. The van der Waals surface area contributed by atoms with Crippen molar-refractivity contribution in [3.8, 4) is 0 Å². The third-order valence-electron chi connectivity index (χ3n) is 2.82. The van der Waals surface area contributed by atoms with Crippen LogP contribution in [-0.4, -0.2) is 12.8 Å². The first-order chi connectivity index (χ1) is 9.67. The van der Waals surface area contributed by atoms with Crippen LogP contribution in [0.25, 0.3) is 0 Å². The molecule has 0 atom stereocenters. The van der Waals surface area contributed by atoms with Crippen molar-refractivity contribution in [3.05, 3.63) is 59.1 Å². The van der Waals surface area contributed by atoms with Gasteiger partial charge in [-0.15, -0.1) is 0 Å². The van der Waals surface area contributed by atoms with Gasteiger partial charge in [0, 0.05) is 6.07 Å². The van der Waals surface area contributed by atoms with Crippen molar-refractivity contribution < 1.29 is 13.2 Å². The minimum Gasteiger partial charge on any atom is -0.464 e. The van der Waals surface area contributed by atoms with Gasteiger partial charge < -0.3 is 9.73 Å². The molecule has 1 aromatic heterocycles. The zero-order chi connectivity index (χ0) is 14.4. The third-order valence-corrected chi connectivity index (χ3v) is 3.39. The fourth-order valence-electron chi connectivity index (χ4n) is 1.94.